The minimum absolute atomic E-state index is 0.303. The molecule has 2 aromatic rings. The van der Waals surface area contributed by atoms with Gasteiger partial charge in [-0.05, 0) is 48.4 Å². The molecule has 0 radical (unpaired) electrons. The van der Waals surface area contributed by atoms with Crippen molar-refractivity contribution in [1.82, 2.24) is 0 Å². The molecule has 0 atom stereocenters. The van der Waals surface area contributed by atoms with E-state index in [4.69, 9.17) is 15.1 Å². The first-order chi connectivity index (χ1) is 10.1. The molecule has 2 aromatic carbocycles. The molecule has 21 heavy (non-hydrogen) atoms. The van der Waals surface area contributed by atoms with Crippen molar-refractivity contribution < 1.29 is 14.6 Å². The van der Waals surface area contributed by atoms with E-state index in [1.807, 2.05) is 31.2 Å². The SMILES string of the molecule is Cc1cccc(Oc2ccc(/C=C(\C#N)C(=O)O)cc2)c1. The lowest BCUT2D eigenvalue weighted by Crippen LogP contribution is -1.97. The van der Waals surface area contributed by atoms with E-state index in [-0.39, 0.29) is 5.57 Å². The number of aryl methyl sites for hydroxylation is 1. The quantitative estimate of drug-likeness (QED) is 0.683. The average Bonchev–Trinajstić information content (AvgIpc) is 2.46. The lowest BCUT2D eigenvalue weighted by Gasteiger charge is -2.06. The third-order valence-corrected chi connectivity index (χ3v) is 2.77. The number of hydrogen-bond acceptors (Lipinski definition) is 3. The average molecular weight is 279 g/mol. The topological polar surface area (TPSA) is 70.3 Å². The summed E-state index contributed by atoms with van der Waals surface area (Å²) in [5, 5.41) is 17.5. The summed E-state index contributed by atoms with van der Waals surface area (Å²) in [6.45, 7) is 1.98. The molecule has 0 unspecified atom stereocenters. The van der Waals surface area contributed by atoms with Crippen molar-refractivity contribution in [3.8, 4) is 17.6 Å². The smallest absolute Gasteiger partial charge is 0.346 e. The molecular weight excluding hydrogens is 266 g/mol. The van der Waals surface area contributed by atoms with Gasteiger partial charge in [0.2, 0.25) is 0 Å². The Labute approximate surface area is 122 Å². The van der Waals surface area contributed by atoms with Gasteiger partial charge in [-0.25, -0.2) is 4.79 Å². The molecule has 0 saturated carbocycles. The Balaban J connectivity index is 2.16. The highest BCUT2D eigenvalue weighted by Gasteiger charge is 2.05. The summed E-state index contributed by atoms with van der Waals surface area (Å²) >= 11 is 0. The van der Waals surface area contributed by atoms with Crippen molar-refractivity contribution in [2.75, 3.05) is 0 Å². The fourth-order valence-corrected chi connectivity index (χ4v) is 1.76. The Morgan fingerprint density at radius 2 is 1.90 bits per heavy atom. The molecule has 1 N–H and O–H groups in total. The first kappa shape index (κ1) is 14.4. The largest absolute Gasteiger partial charge is 0.477 e. The summed E-state index contributed by atoms with van der Waals surface area (Å²) in [6.07, 6.45) is 1.32. The molecule has 0 fully saturated rings. The molecule has 0 aromatic heterocycles. The summed E-state index contributed by atoms with van der Waals surface area (Å²) in [7, 11) is 0. The number of benzene rings is 2. The van der Waals surface area contributed by atoms with E-state index in [1.54, 1.807) is 30.3 Å². The normalized spacial score (nSPS) is 10.8. The van der Waals surface area contributed by atoms with Crippen molar-refractivity contribution in [1.29, 1.82) is 5.26 Å². The lowest BCUT2D eigenvalue weighted by atomic mass is 10.1. The van der Waals surface area contributed by atoms with Crippen molar-refractivity contribution in [2.24, 2.45) is 0 Å². The van der Waals surface area contributed by atoms with Gasteiger partial charge >= 0.3 is 5.97 Å². The first-order valence-corrected chi connectivity index (χ1v) is 6.28. The van der Waals surface area contributed by atoms with Gasteiger partial charge in [-0.15, -0.1) is 0 Å². The van der Waals surface area contributed by atoms with Crippen molar-refractivity contribution >= 4 is 12.0 Å². The van der Waals surface area contributed by atoms with Crippen LogP contribution in [0, 0.1) is 18.3 Å². The molecule has 0 aliphatic carbocycles. The van der Waals surface area contributed by atoms with Crippen LogP contribution in [0.25, 0.3) is 6.08 Å². The Hall–Kier alpha value is -3.06. The van der Waals surface area contributed by atoms with E-state index in [9.17, 15) is 4.79 Å². The van der Waals surface area contributed by atoms with Gasteiger partial charge in [0.05, 0.1) is 0 Å². The minimum Gasteiger partial charge on any atom is -0.477 e. The summed E-state index contributed by atoms with van der Waals surface area (Å²) in [5.41, 5.74) is 1.43. The van der Waals surface area contributed by atoms with Crippen LogP contribution >= 0.6 is 0 Å². The number of rotatable bonds is 4. The lowest BCUT2D eigenvalue weighted by molar-refractivity contribution is -0.132. The fourth-order valence-electron chi connectivity index (χ4n) is 1.76. The number of hydrogen-bond donors (Lipinski definition) is 1. The Morgan fingerprint density at radius 1 is 1.19 bits per heavy atom. The van der Waals surface area contributed by atoms with Crippen LogP contribution in [0.4, 0.5) is 0 Å². The van der Waals surface area contributed by atoms with Crippen LogP contribution in [0.2, 0.25) is 0 Å². The molecule has 4 nitrogen and oxygen atoms in total. The summed E-state index contributed by atoms with van der Waals surface area (Å²) in [4.78, 5) is 10.8. The van der Waals surface area contributed by atoms with Gasteiger partial charge < -0.3 is 9.84 Å². The zero-order valence-corrected chi connectivity index (χ0v) is 11.4. The van der Waals surface area contributed by atoms with Gasteiger partial charge in [-0.1, -0.05) is 24.3 Å². The van der Waals surface area contributed by atoms with Crippen LogP contribution in [-0.2, 0) is 4.79 Å². The van der Waals surface area contributed by atoms with E-state index in [2.05, 4.69) is 0 Å². The maximum absolute atomic E-state index is 10.8. The van der Waals surface area contributed by atoms with Gasteiger partial charge in [0.15, 0.2) is 0 Å². The number of aliphatic carboxylic acids is 1. The molecule has 0 aliphatic rings. The van der Waals surface area contributed by atoms with Crippen LogP contribution in [0.5, 0.6) is 11.5 Å². The number of carboxylic acid groups (broad SMARTS) is 1. The van der Waals surface area contributed by atoms with Crippen LogP contribution in [0.15, 0.2) is 54.1 Å². The maximum Gasteiger partial charge on any atom is 0.346 e. The highest BCUT2D eigenvalue weighted by molar-refractivity contribution is 5.96. The minimum atomic E-state index is -1.24. The summed E-state index contributed by atoms with van der Waals surface area (Å²) in [6, 6.07) is 16.2. The van der Waals surface area contributed by atoms with Gasteiger partial charge in [0.1, 0.15) is 23.1 Å². The van der Waals surface area contributed by atoms with E-state index in [0.717, 1.165) is 11.3 Å². The molecule has 0 spiro atoms. The molecular formula is C17H13NO3. The molecule has 0 bridgehead atoms. The third-order valence-electron chi connectivity index (χ3n) is 2.77. The fraction of sp³-hybridized carbons (Fsp3) is 0.0588. The number of carbonyl (C=O) groups is 1. The Bertz CT molecular complexity index is 724. The number of ether oxygens (including phenoxy) is 1. The van der Waals surface area contributed by atoms with Crippen LogP contribution in [-0.4, -0.2) is 11.1 Å². The predicted molar refractivity (Wildman–Crippen MR) is 78.9 cm³/mol. The van der Waals surface area contributed by atoms with E-state index >= 15 is 0 Å². The van der Waals surface area contributed by atoms with Crippen molar-refractivity contribution in [2.45, 2.75) is 6.92 Å². The number of nitriles is 1. The maximum atomic E-state index is 10.8. The van der Waals surface area contributed by atoms with Gasteiger partial charge in [0, 0.05) is 0 Å². The standard InChI is InChI=1S/C17H13NO3/c1-12-3-2-4-16(9-12)21-15-7-5-13(6-8-15)10-14(11-18)17(19)20/h2-10H,1H3,(H,19,20)/b14-10+. The zero-order valence-electron chi connectivity index (χ0n) is 11.4. The molecule has 0 heterocycles. The monoisotopic (exact) mass is 279 g/mol. The molecule has 0 aliphatic heterocycles. The van der Waals surface area contributed by atoms with Gasteiger partial charge in [-0.3, -0.25) is 0 Å². The molecule has 4 heteroatoms. The number of nitrogens with zero attached hydrogens (tertiary/aromatic N) is 1. The Morgan fingerprint density at radius 3 is 2.48 bits per heavy atom. The van der Waals surface area contributed by atoms with Crippen molar-refractivity contribution in [3.05, 3.63) is 65.2 Å². The Kier molecular flexibility index (Phi) is 4.37. The van der Waals surface area contributed by atoms with Gasteiger partial charge in [-0.2, -0.15) is 5.26 Å². The molecule has 2 rings (SSSR count). The van der Waals surface area contributed by atoms with E-state index in [1.165, 1.54) is 6.08 Å². The van der Waals surface area contributed by atoms with E-state index in [0.29, 0.717) is 11.3 Å². The van der Waals surface area contributed by atoms with Crippen molar-refractivity contribution in [3.63, 3.8) is 0 Å². The predicted octanol–water partition coefficient (Wildman–Crippen LogP) is 3.78. The molecule has 0 saturated heterocycles. The summed E-state index contributed by atoms with van der Waals surface area (Å²) < 4.78 is 5.69. The highest BCUT2D eigenvalue weighted by Crippen LogP contribution is 2.23. The van der Waals surface area contributed by atoms with Crippen LogP contribution in [0.3, 0.4) is 0 Å². The first-order valence-electron chi connectivity index (χ1n) is 6.28. The zero-order chi connectivity index (χ0) is 15.2. The van der Waals surface area contributed by atoms with Crippen LogP contribution in [0.1, 0.15) is 11.1 Å². The molecule has 0 amide bonds. The number of carboxylic acids is 1. The molecule has 104 valence electrons. The second-order valence-corrected chi connectivity index (χ2v) is 4.46. The second kappa shape index (κ2) is 6.40. The van der Waals surface area contributed by atoms with Crippen LogP contribution < -0.4 is 4.74 Å². The second-order valence-electron chi connectivity index (χ2n) is 4.46. The van der Waals surface area contributed by atoms with E-state index < -0.39 is 5.97 Å². The highest BCUT2D eigenvalue weighted by atomic mass is 16.5. The summed E-state index contributed by atoms with van der Waals surface area (Å²) in [5.74, 6) is 0.144. The van der Waals surface area contributed by atoms with Gasteiger partial charge in [0.25, 0.3) is 0 Å². The third kappa shape index (κ3) is 3.95.